The maximum atomic E-state index is 11.6. The number of aromatic nitrogens is 1. The van der Waals surface area contributed by atoms with Crippen molar-refractivity contribution in [2.24, 2.45) is 0 Å². The summed E-state index contributed by atoms with van der Waals surface area (Å²) in [7, 11) is 0. The van der Waals surface area contributed by atoms with Gasteiger partial charge in [0.25, 0.3) is 0 Å². The number of carbonyl (C=O) groups is 1. The number of nitrogens with zero attached hydrogens (tertiary/aromatic N) is 2. The predicted octanol–water partition coefficient (Wildman–Crippen LogP) is 1.95. The van der Waals surface area contributed by atoms with Gasteiger partial charge in [0.2, 0.25) is 5.91 Å². The molecule has 0 aromatic carbocycles. The molecule has 0 spiro atoms. The first-order valence-electron chi connectivity index (χ1n) is 4.50. The Morgan fingerprint density at radius 2 is 2.57 bits per heavy atom. The zero-order valence-electron chi connectivity index (χ0n) is 7.86. The highest BCUT2D eigenvalue weighted by Gasteiger charge is 2.29. The molecular weight excluding hydrogens is 264 g/mol. The van der Waals surface area contributed by atoms with Crippen LogP contribution < -0.4 is 0 Å². The molecule has 76 valence electrons. The van der Waals surface area contributed by atoms with Crippen molar-refractivity contribution in [2.75, 3.05) is 6.54 Å². The minimum atomic E-state index is 0.0172. The Bertz CT molecular complexity index is 352. The van der Waals surface area contributed by atoms with Crippen LogP contribution in [0.2, 0.25) is 0 Å². The minimum Gasteiger partial charge on any atom is -0.335 e. The molecule has 1 aromatic heterocycles. The van der Waals surface area contributed by atoms with Gasteiger partial charge >= 0.3 is 0 Å². The van der Waals surface area contributed by atoms with Crippen LogP contribution in [-0.2, 0) is 11.3 Å². The van der Waals surface area contributed by atoms with Crippen molar-refractivity contribution in [3.63, 3.8) is 0 Å². The SMILES string of the molecule is Cc1csc(CN2CCC(Br)C2=O)n1. The fourth-order valence-electron chi connectivity index (χ4n) is 1.50. The van der Waals surface area contributed by atoms with E-state index in [4.69, 9.17) is 0 Å². The summed E-state index contributed by atoms with van der Waals surface area (Å²) >= 11 is 4.97. The van der Waals surface area contributed by atoms with Gasteiger partial charge in [-0.3, -0.25) is 4.79 Å². The summed E-state index contributed by atoms with van der Waals surface area (Å²) in [5, 5.41) is 3.04. The topological polar surface area (TPSA) is 33.2 Å². The predicted molar refractivity (Wildman–Crippen MR) is 59.6 cm³/mol. The van der Waals surface area contributed by atoms with E-state index in [2.05, 4.69) is 20.9 Å². The second-order valence-electron chi connectivity index (χ2n) is 3.40. The summed E-state index contributed by atoms with van der Waals surface area (Å²) < 4.78 is 0. The molecule has 1 fully saturated rings. The average molecular weight is 275 g/mol. The maximum absolute atomic E-state index is 11.6. The van der Waals surface area contributed by atoms with Gasteiger partial charge in [0, 0.05) is 17.6 Å². The summed E-state index contributed by atoms with van der Waals surface area (Å²) in [5.74, 6) is 0.192. The first-order valence-corrected chi connectivity index (χ1v) is 6.30. The van der Waals surface area contributed by atoms with E-state index in [1.54, 1.807) is 11.3 Å². The number of likely N-dealkylation sites (tertiary alicyclic amines) is 1. The van der Waals surface area contributed by atoms with Crippen molar-refractivity contribution < 1.29 is 4.79 Å². The van der Waals surface area contributed by atoms with Gasteiger partial charge in [-0.1, -0.05) is 15.9 Å². The molecule has 0 aliphatic carbocycles. The van der Waals surface area contributed by atoms with E-state index >= 15 is 0 Å². The van der Waals surface area contributed by atoms with Crippen molar-refractivity contribution in [3.8, 4) is 0 Å². The van der Waals surface area contributed by atoms with Crippen LogP contribution in [0.5, 0.6) is 0 Å². The van der Waals surface area contributed by atoms with Crippen LogP contribution in [0.25, 0.3) is 0 Å². The molecule has 0 bridgehead atoms. The fraction of sp³-hybridized carbons (Fsp3) is 0.556. The van der Waals surface area contributed by atoms with Gasteiger partial charge in [0.05, 0.1) is 11.4 Å². The minimum absolute atomic E-state index is 0.0172. The van der Waals surface area contributed by atoms with E-state index in [0.29, 0.717) is 6.54 Å². The number of aryl methyl sites for hydroxylation is 1. The third-order valence-corrected chi connectivity index (χ3v) is 4.03. The Kier molecular flexibility index (Phi) is 2.88. The number of hydrogen-bond acceptors (Lipinski definition) is 3. The number of hydrogen-bond donors (Lipinski definition) is 0. The molecule has 2 heterocycles. The fourth-order valence-corrected chi connectivity index (χ4v) is 2.78. The number of carbonyl (C=O) groups excluding carboxylic acids is 1. The quantitative estimate of drug-likeness (QED) is 0.773. The van der Waals surface area contributed by atoms with Crippen molar-refractivity contribution in [1.82, 2.24) is 9.88 Å². The smallest absolute Gasteiger partial charge is 0.236 e. The molecule has 1 amide bonds. The number of amides is 1. The molecule has 14 heavy (non-hydrogen) atoms. The summed E-state index contributed by atoms with van der Waals surface area (Å²) in [5.41, 5.74) is 1.03. The van der Waals surface area contributed by atoms with Crippen LogP contribution in [0.3, 0.4) is 0 Å². The lowest BCUT2D eigenvalue weighted by atomic mass is 10.4. The molecule has 0 radical (unpaired) electrons. The number of halogens is 1. The molecule has 1 aliphatic rings. The van der Waals surface area contributed by atoms with Crippen LogP contribution >= 0.6 is 27.3 Å². The number of thiazole rings is 1. The van der Waals surface area contributed by atoms with Crippen molar-refractivity contribution in [1.29, 1.82) is 0 Å². The molecule has 1 unspecified atom stereocenters. The van der Waals surface area contributed by atoms with Crippen LogP contribution in [0.4, 0.5) is 0 Å². The normalized spacial score (nSPS) is 22.0. The summed E-state index contributed by atoms with van der Waals surface area (Å²) in [4.78, 5) is 17.8. The Balaban J connectivity index is 2.02. The lowest BCUT2D eigenvalue weighted by Gasteiger charge is -2.13. The molecule has 2 rings (SSSR count). The number of alkyl halides is 1. The van der Waals surface area contributed by atoms with Crippen molar-refractivity contribution >= 4 is 33.2 Å². The van der Waals surface area contributed by atoms with E-state index < -0.39 is 0 Å². The van der Waals surface area contributed by atoms with Crippen molar-refractivity contribution in [3.05, 3.63) is 16.1 Å². The van der Waals surface area contributed by atoms with Crippen LogP contribution in [0.15, 0.2) is 5.38 Å². The van der Waals surface area contributed by atoms with Gasteiger partial charge in [0.1, 0.15) is 5.01 Å². The van der Waals surface area contributed by atoms with E-state index in [9.17, 15) is 4.79 Å². The highest BCUT2D eigenvalue weighted by Crippen LogP contribution is 2.21. The average Bonchev–Trinajstić information content (AvgIpc) is 2.67. The maximum Gasteiger partial charge on any atom is 0.236 e. The highest BCUT2D eigenvalue weighted by molar-refractivity contribution is 9.10. The largest absolute Gasteiger partial charge is 0.335 e. The zero-order chi connectivity index (χ0) is 10.1. The monoisotopic (exact) mass is 274 g/mol. The molecule has 1 aromatic rings. The van der Waals surface area contributed by atoms with E-state index in [0.717, 1.165) is 23.7 Å². The lowest BCUT2D eigenvalue weighted by Crippen LogP contribution is -2.26. The summed E-state index contributed by atoms with van der Waals surface area (Å²) in [6.07, 6.45) is 0.906. The van der Waals surface area contributed by atoms with Gasteiger partial charge in [-0.05, 0) is 13.3 Å². The third-order valence-electron chi connectivity index (χ3n) is 2.22. The van der Waals surface area contributed by atoms with Gasteiger partial charge < -0.3 is 4.90 Å². The van der Waals surface area contributed by atoms with Crippen LogP contribution in [0.1, 0.15) is 17.1 Å². The molecule has 1 aliphatic heterocycles. The Morgan fingerprint density at radius 3 is 3.07 bits per heavy atom. The van der Waals surface area contributed by atoms with Gasteiger partial charge in [-0.15, -0.1) is 11.3 Å². The van der Waals surface area contributed by atoms with Gasteiger partial charge in [-0.2, -0.15) is 0 Å². The van der Waals surface area contributed by atoms with Gasteiger partial charge in [0.15, 0.2) is 0 Å². The first kappa shape index (κ1) is 10.1. The number of rotatable bonds is 2. The second kappa shape index (κ2) is 3.98. The van der Waals surface area contributed by atoms with E-state index in [1.807, 2.05) is 17.2 Å². The van der Waals surface area contributed by atoms with E-state index in [1.165, 1.54) is 0 Å². The van der Waals surface area contributed by atoms with Crippen LogP contribution in [0, 0.1) is 6.92 Å². The third kappa shape index (κ3) is 1.98. The molecule has 0 saturated carbocycles. The Labute approximate surface area is 95.3 Å². The first-order chi connectivity index (χ1) is 6.66. The summed E-state index contributed by atoms with van der Waals surface area (Å²) in [6, 6.07) is 0. The molecule has 1 saturated heterocycles. The van der Waals surface area contributed by atoms with E-state index in [-0.39, 0.29) is 10.7 Å². The Hall–Kier alpha value is -0.420. The molecular formula is C9H11BrN2OS. The van der Waals surface area contributed by atoms with Gasteiger partial charge in [-0.25, -0.2) is 4.98 Å². The molecule has 3 nitrogen and oxygen atoms in total. The lowest BCUT2D eigenvalue weighted by molar-refractivity contribution is -0.127. The summed E-state index contributed by atoms with van der Waals surface area (Å²) in [6.45, 7) is 3.48. The standard InChI is InChI=1S/C9H11BrN2OS/c1-6-5-14-8(11-6)4-12-3-2-7(10)9(12)13/h5,7H,2-4H2,1H3. The zero-order valence-corrected chi connectivity index (χ0v) is 10.3. The van der Waals surface area contributed by atoms with Crippen LogP contribution in [-0.4, -0.2) is 27.2 Å². The molecule has 0 N–H and O–H groups in total. The Morgan fingerprint density at radius 1 is 1.79 bits per heavy atom. The highest BCUT2D eigenvalue weighted by atomic mass is 79.9. The molecule has 5 heteroatoms. The molecule has 1 atom stereocenters. The second-order valence-corrected chi connectivity index (χ2v) is 5.45. The van der Waals surface area contributed by atoms with Crippen molar-refractivity contribution in [2.45, 2.75) is 24.7 Å².